The molecule has 0 aromatic rings. The molecule has 1 aliphatic heterocycles. The van der Waals surface area contributed by atoms with Gasteiger partial charge in [0.25, 0.3) is 0 Å². The first-order valence-electron chi connectivity index (χ1n) is 8.80. The largest absolute Gasteiger partial charge is 0.323 e. The minimum absolute atomic E-state index is 0.248. The number of quaternary nitrogens is 1. The summed E-state index contributed by atoms with van der Waals surface area (Å²) in [5.74, 6) is 0.253. The van der Waals surface area contributed by atoms with E-state index >= 15 is 0 Å². The van der Waals surface area contributed by atoms with E-state index in [1.54, 1.807) is 12.5 Å². The van der Waals surface area contributed by atoms with E-state index < -0.39 is 0 Å². The molecule has 0 radical (unpaired) electrons. The van der Waals surface area contributed by atoms with Crippen LogP contribution in [0.25, 0.3) is 0 Å². The van der Waals surface area contributed by atoms with Crippen LogP contribution >= 0.6 is 0 Å². The van der Waals surface area contributed by atoms with Gasteiger partial charge in [0, 0.05) is 0 Å². The first-order chi connectivity index (χ1) is 10.2. The first kappa shape index (κ1) is 18.1. The first-order valence-corrected chi connectivity index (χ1v) is 8.80. The van der Waals surface area contributed by atoms with E-state index in [9.17, 15) is 4.79 Å². The predicted molar refractivity (Wildman–Crippen MR) is 89.9 cm³/mol. The van der Waals surface area contributed by atoms with Gasteiger partial charge in [-0.05, 0) is 6.42 Å². The minimum Gasteiger partial charge on any atom is -0.230 e. The van der Waals surface area contributed by atoms with E-state index in [0.29, 0.717) is 6.42 Å². The second-order valence-electron chi connectivity index (χ2n) is 6.39. The molecule has 0 aliphatic carbocycles. The van der Waals surface area contributed by atoms with Crippen LogP contribution in [0.15, 0.2) is 17.4 Å². The maximum absolute atomic E-state index is 12.1. The summed E-state index contributed by atoms with van der Waals surface area (Å²) in [6.45, 7) is 2.26. The van der Waals surface area contributed by atoms with Crippen molar-refractivity contribution >= 4 is 12.2 Å². The van der Waals surface area contributed by atoms with Crippen molar-refractivity contribution in [3.63, 3.8) is 0 Å². The summed E-state index contributed by atoms with van der Waals surface area (Å²) in [5.41, 5.74) is 0. The highest BCUT2D eigenvalue weighted by Gasteiger charge is 2.29. The molecule has 1 heterocycles. The average molecular weight is 293 g/mol. The fraction of sp³-hybridized carbons (Fsp3) is 0.778. The van der Waals surface area contributed by atoms with Gasteiger partial charge in [0.15, 0.2) is 0 Å². The number of amides is 1. The molecule has 0 spiro atoms. The van der Waals surface area contributed by atoms with Crippen molar-refractivity contribution in [1.29, 1.82) is 0 Å². The van der Waals surface area contributed by atoms with Crippen LogP contribution in [0, 0.1) is 0 Å². The SMILES string of the molecule is CCCCCCCCCCCCCC(=O)[N+]1(C)C=CN=C1. The minimum atomic E-state index is 0.248. The Hall–Kier alpha value is -0.960. The molecule has 3 heteroatoms. The predicted octanol–water partition coefficient (Wildman–Crippen LogP) is 5.17. The summed E-state index contributed by atoms with van der Waals surface area (Å²) in [5, 5.41) is 0. The highest BCUT2D eigenvalue weighted by molar-refractivity contribution is 5.78. The molecule has 3 nitrogen and oxygen atoms in total. The molecule has 1 atom stereocenters. The second-order valence-corrected chi connectivity index (χ2v) is 6.39. The molecular weight excluding hydrogens is 260 g/mol. The van der Waals surface area contributed by atoms with E-state index in [1.807, 2.05) is 13.2 Å². The number of nitrogens with zero attached hydrogens (tertiary/aromatic N) is 2. The Morgan fingerprint density at radius 3 is 1.90 bits per heavy atom. The van der Waals surface area contributed by atoms with Gasteiger partial charge in [-0.1, -0.05) is 71.1 Å². The van der Waals surface area contributed by atoms with Gasteiger partial charge < -0.3 is 0 Å². The zero-order valence-corrected chi connectivity index (χ0v) is 14.0. The molecule has 1 aliphatic rings. The molecule has 21 heavy (non-hydrogen) atoms. The zero-order chi connectivity index (χ0) is 15.4. The Labute approximate surface area is 130 Å². The molecule has 0 fully saturated rings. The second kappa shape index (κ2) is 10.7. The van der Waals surface area contributed by atoms with Crippen LogP contribution in [0.4, 0.5) is 0 Å². The van der Waals surface area contributed by atoms with Gasteiger partial charge in [-0.2, -0.15) is 4.48 Å². The quantitative estimate of drug-likeness (QED) is 0.360. The van der Waals surface area contributed by atoms with Crippen molar-refractivity contribution in [2.24, 2.45) is 4.99 Å². The van der Waals surface area contributed by atoms with Crippen molar-refractivity contribution in [1.82, 2.24) is 0 Å². The molecule has 0 saturated heterocycles. The number of rotatable bonds is 12. The van der Waals surface area contributed by atoms with Crippen LogP contribution < -0.4 is 0 Å². The molecule has 0 saturated carbocycles. The van der Waals surface area contributed by atoms with Crippen LogP contribution in [0.1, 0.15) is 84.0 Å². The normalized spacial score (nSPS) is 20.3. The number of carbonyl (C=O) groups excluding carboxylic acids is 1. The van der Waals surface area contributed by atoms with Gasteiger partial charge in [-0.3, -0.25) is 0 Å². The molecule has 1 amide bonds. The van der Waals surface area contributed by atoms with Gasteiger partial charge in [0.2, 0.25) is 6.34 Å². The molecule has 0 aromatic carbocycles. The van der Waals surface area contributed by atoms with Crippen LogP contribution in [-0.2, 0) is 4.79 Å². The number of carbonyl (C=O) groups is 1. The Kier molecular flexibility index (Phi) is 9.24. The van der Waals surface area contributed by atoms with Crippen LogP contribution in [-0.4, -0.2) is 23.8 Å². The average Bonchev–Trinajstić information content (AvgIpc) is 2.92. The smallest absolute Gasteiger partial charge is 0.230 e. The lowest BCUT2D eigenvalue weighted by molar-refractivity contribution is -0.673. The summed E-state index contributed by atoms with van der Waals surface area (Å²) in [7, 11) is 1.90. The monoisotopic (exact) mass is 293 g/mol. The van der Waals surface area contributed by atoms with E-state index in [0.717, 1.165) is 6.42 Å². The summed E-state index contributed by atoms with van der Waals surface area (Å²) < 4.78 is 0.248. The Bertz CT molecular complexity index is 335. The molecule has 1 unspecified atom stereocenters. The summed E-state index contributed by atoms with van der Waals surface area (Å²) >= 11 is 0. The van der Waals surface area contributed by atoms with E-state index in [2.05, 4.69) is 11.9 Å². The van der Waals surface area contributed by atoms with Gasteiger partial charge >= 0.3 is 5.91 Å². The molecule has 0 N–H and O–H groups in total. The maximum Gasteiger partial charge on any atom is 0.323 e. The van der Waals surface area contributed by atoms with Crippen LogP contribution in [0.3, 0.4) is 0 Å². The molecule has 0 aromatic heterocycles. The Morgan fingerprint density at radius 1 is 0.905 bits per heavy atom. The number of hydrogen-bond donors (Lipinski definition) is 0. The fourth-order valence-electron chi connectivity index (χ4n) is 2.72. The van der Waals surface area contributed by atoms with E-state index in [-0.39, 0.29) is 10.4 Å². The van der Waals surface area contributed by atoms with E-state index in [1.165, 1.54) is 64.2 Å². The topological polar surface area (TPSA) is 29.4 Å². The van der Waals surface area contributed by atoms with Crippen molar-refractivity contribution in [3.05, 3.63) is 12.4 Å². The van der Waals surface area contributed by atoms with Gasteiger partial charge in [0.05, 0.1) is 19.7 Å². The number of aliphatic imine (C=N–C) groups is 1. The van der Waals surface area contributed by atoms with Crippen molar-refractivity contribution in [2.45, 2.75) is 84.0 Å². The van der Waals surface area contributed by atoms with Gasteiger partial charge in [-0.15, -0.1) is 0 Å². The van der Waals surface area contributed by atoms with Crippen molar-refractivity contribution in [2.75, 3.05) is 7.05 Å². The van der Waals surface area contributed by atoms with Gasteiger partial charge in [0.1, 0.15) is 6.20 Å². The highest BCUT2D eigenvalue weighted by atomic mass is 16.2. The number of hydrogen-bond acceptors (Lipinski definition) is 2. The zero-order valence-electron chi connectivity index (χ0n) is 14.0. The standard InChI is InChI=1S/C18H33N2O/c1-3-4-5-6-7-8-9-10-11-12-13-14-18(21)20(2)16-15-19-17-20/h15-17H,3-14H2,1-2H3/q+1. The molecule has 0 bridgehead atoms. The number of unbranched alkanes of at least 4 members (excludes halogenated alkanes) is 10. The lowest BCUT2D eigenvalue weighted by Gasteiger charge is -2.18. The van der Waals surface area contributed by atoms with Gasteiger partial charge in [-0.25, -0.2) is 9.79 Å². The van der Waals surface area contributed by atoms with Crippen LogP contribution in [0.2, 0.25) is 0 Å². The van der Waals surface area contributed by atoms with E-state index in [4.69, 9.17) is 0 Å². The third kappa shape index (κ3) is 7.56. The lowest BCUT2D eigenvalue weighted by Crippen LogP contribution is -2.41. The summed E-state index contributed by atoms with van der Waals surface area (Å²) in [6, 6.07) is 0. The lowest BCUT2D eigenvalue weighted by atomic mass is 10.1. The molecular formula is C18H33N2O+. The van der Waals surface area contributed by atoms with Crippen molar-refractivity contribution in [3.8, 4) is 0 Å². The van der Waals surface area contributed by atoms with Crippen molar-refractivity contribution < 1.29 is 9.28 Å². The highest BCUT2D eigenvalue weighted by Crippen LogP contribution is 2.15. The third-order valence-electron chi connectivity index (χ3n) is 4.30. The summed E-state index contributed by atoms with van der Waals surface area (Å²) in [4.78, 5) is 16.1. The Morgan fingerprint density at radius 2 is 1.43 bits per heavy atom. The maximum atomic E-state index is 12.1. The third-order valence-corrected chi connectivity index (χ3v) is 4.30. The molecule has 1 rings (SSSR count). The van der Waals surface area contributed by atoms with Crippen LogP contribution in [0.5, 0.6) is 0 Å². The summed E-state index contributed by atoms with van der Waals surface area (Å²) in [6.07, 6.45) is 20.4. The Balaban J connectivity index is 1.88. The fourth-order valence-corrected chi connectivity index (χ4v) is 2.72. The molecule has 120 valence electrons.